The van der Waals surface area contributed by atoms with Crippen LogP contribution in [-0.2, 0) is 0 Å². The lowest BCUT2D eigenvalue weighted by Gasteiger charge is -2.59. The summed E-state index contributed by atoms with van der Waals surface area (Å²) in [5.74, 6) is 3.81. The molecular formula is C42H39B. The first-order valence-electron chi connectivity index (χ1n) is 16.5. The molecule has 0 spiro atoms. The molecule has 3 aliphatic heterocycles. The van der Waals surface area contributed by atoms with Crippen LogP contribution < -0.4 is 0 Å². The fourth-order valence-electron chi connectivity index (χ4n) is 10.3. The highest BCUT2D eigenvalue weighted by Gasteiger charge is 2.59. The molecule has 0 amide bonds. The van der Waals surface area contributed by atoms with Gasteiger partial charge in [0.25, 0.3) is 0 Å². The number of benzene rings is 3. The van der Waals surface area contributed by atoms with Gasteiger partial charge in [-0.25, -0.2) is 0 Å². The summed E-state index contributed by atoms with van der Waals surface area (Å²) in [4.78, 5) is 0. The summed E-state index contributed by atoms with van der Waals surface area (Å²) in [6, 6.07) is 27.0. The van der Waals surface area contributed by atoms with Crippen molar-refractivity contribution in [1.82, 2.24) is 0 Å². The smallest absolute Gasteiger partial charge is 0.0736 e. The van der Waals surface area contributed by atoms with Gasteiger partial charge in [0, 0.05) is 0 Å². The summed E-state index contributed by atoms with van der Waals surface area (Å²) in [6.07, 6.45) is 19.6. The van der Waals surface area contributed by atoms with Gasteiger partial charge in [0.15, 0.2) is 6.71 Å². The minimum atomic E-state index is 0.584. The second kappa shape index (κ2) is 9.58. The molecule has 43 heavy (non-hydrogen) atoms. The summed E-state index contributed by atoms with van der Waals surface area (Å²) in [5, 5.41) is 0. The predicted octanol–water partition coefficient (Wildman–Crippen LogP) is 10.6. The van der Waals surface area contributed by atoms with Crippen LogP contribution in [0.3, 0.4) is 0 Å². The Hall–Kier alpha value is -3.84. The number of allylic oxidation sites excluding steroid dienone is 12. The van der Waals surface area contributed by atoms with Crippen LogP contribution in [0.1, 0.15) is 52.6 Å². The Bertz CT molecular complexity index is 1850. The van der Waals surface area contributed by atoms with E-state index in [1.165, 1.54) is 62.9 Å². The fourth-order valence-corrected chi connectivity index (χ4v) is 10.3. The lowest BCUT2D eigenvalue weighted by Crippen LogP contribution is -2.53. The summed E-state index contributed by atoms with van der Waals surface area (Å²) in [5.41, 5.74) is 17.9. The minimum Gasteiger partial charge on any atom is -0.0736 e. The molecule has 3 saturated heterocycles. The first-order chi connectivity index (χ1) is 21.0. The molecule has 3 aromatic carbocycles. The van der Waals surface area contributed by atoms with E-state index < -0.39 is 0 Å². The van der Waals surface area contributed by atoms with E-state index in [0.29, 0.717) is 41.9 Å². The topological polar surface area (TPSA) is 0 Å². The Morgan fingerprint density at radius 3 is 1.37 bits per heavy atom. The molecule has 0 N–H and O–H groups in total. The van der Waals surface area contributed by atoms with Gasteiger partial charge < -0.3 is 0 Å². The zero-order valence-electron chi connectivity index (χ0n) is 25.6. The summed E-state index contributed by atoms with van der Waals surface area (Å²) < 4.78 is 0. The molecule has 1 heteroatoms. The van der Waals surface area contributed by atoms with Crippen molar-refractivity contribution in [1.29, 1.82) is 0 Å². The third-order valence-corrected chi connectivity index (χ3v) is 11.9. The number of hydrogen-bond acceptors (Lipinski definition) is 0. The summed E-state index contributed by atoms with van der Waals surface area (Å²) >= 11 is 0. The maximum atomic E-state index is 2.70. The molecule has 9 rings (SSSR count). The molecule has 0 saturated carbocycles. The number of aryl methyl sites for hydroxylation is 3. The minimum absolute atomic E-state index is 0.584. The van der Waals surface area contributed by atoms with Crippen LogP contribution in [0.25, 0.3) is 16.7 Å². The van der Waals surface area contributed by atoms with Crippen LogP contribution in [-0.4, -0.2) is 6.71 Å². The van der Waals surface area contributed by atoms with Gasteiger partial charge in [-0.15, -0.1) is 0 Å². The molecule has 3 fully saturated rings. The molecular weight excluding hydrogens is 515 g/mol. The fraction of sp³-hybridized carbons (Fsp3) is 0.286. The van der Waals surface area contributed by atoms with Crippen molar-refractivity contribution in [2.75, 3.05) is 0 Å². The molecule has 6 unspecified atom stereocenters. The Balaban J connectivity index is 1.23. The van der Waals surface area contributed by atoms with Crippen molar-refractivity contribution >= 4 is 23.4 Å². The monoisotopic (exact) mass is 554 g/mol. The Kier molecular flexibility index (Phi) is 5.72. The van der Waals surface area contributed by atoms with E-state index in [4.69, 9.17) is 0 Å². The first kappa shape index (κ1) is 25.6. The van der Waals surface area contributed by atoms with E-state index in [1.807, 2.05) is 0 Å². The van der Waals surface area contributed by atoms with E-state index in [-0.39, 0.29) is 0 Å². The van der Waals surface area contributed by atoms with Crippen molar-refractivity contribution in [3.63, 3.8) is 0 Å². The summed E-state index contributed by atoms with van der Waals surface area (Å²) in [7, 11) is 0. The lowest BCUT2D eigenvalue weighted by atomic mass is 9.14. The van der Waals surface area contributed by atoms with Crippen LogP contribution >= 0.6 is 0 Å². The van der Waals surface area contributed by atoms with Gasteiger partial charge in [-0.3, -0.25) is 0 Å². The zero-order chi connectivity index (χ0) is 28.8. The molecule has 0 radical (unpaired) electrons. The van der Waals surface area contributed by atoms with Crippen molar-refractivity contribution in [3.8, 4) is 0 Å². The third-order valence-electron chi connectivity index (χ3n) is 11.9. The summed E-state index contributed by atoms with van der Waals surface area (Å²) in [6.45, 7) is 7.52. The Morgan fingerprint density at radius 2 is 0.884 bits per heavy atom. The highest BCUT2D eigenvalue weighted by atomic mass is 14.5. The van der Waals surface area contributed by atoms with Crippen LogP contribution in [0.5, 0.6) is 0 Å². The van der Waals surface area contributed by atoms with E-state index in [1.54, 1.807) is 16.7 Å². The molecule has 0 aromatic heterocycles. The highest BCUT2D eigenvalue weighted by Crippen LogP contribution is 2.68. The average Bonchev–Trinajstić information content (AvgIpc) is 3.01. The molecule has 210 valence electrons. The van der Waals surface area contributed by atoms with Gasteiger partial charge in [0.2, 0.25) is 0 Å². The second-order valence-corrected chi connectivity index (χ2v) is 14.2. The van der Waals surface area contributed by atoms with Crippen LogP contribution in [0.2, 0.25) is 17.5 Å². The SMILES string of the molecule is Cc1ccccc1C1=CC2CC3=CC(c4ccccc4C)=CC4CC5C=C(c6ccccc6C)C=C6CC(=C1)C2B(C65)C34. The lowest BCUT2D eigenvalue weighted by molar-refractivity contribution is 0.376. The molecule has 6 atom stereocenters. The van der Waals surface area contributed by atoms with Crippen LogP contribution in [0, 0.1) is 38.5 Å². The van der Waals surface area contributed by atoms with Gasteiger partial charge in [-0.1, -0.05) is 126 Å². The van der Waals surface area contributed by atoms with Crippen molar-refractivity contribution in [2.45, 2.75) is 57.5 Å². The molecule has 0 bridgehead atoms. The molecule has 6 aliphatic rings. The van der Waals surface area contributed by atoms with Crippen LogP contribution in [0.15, 0.2) is 126 Å². The molecule has 3 aromatic rings. The maximum absolute atomic E-state index is 2.70. The number of hydrogen-bond donors (Lipinski definition) is 0. The van der Waals surface area contributed by atoms with E-state index in [0.717, 1.165) is 6.42 Å². The highest BCUT2D eigenvalue weighted by molar-refractivity contribution is 6.67. The maximum Gasteiger partial charge on any atom is 0.165 e. The van der Waals surface area contributed by atoms with Gasteiger partial charge in [-0.05, 0) is 125 Å². The van der Waals surface area contributed by atoms with E-state index >= 15 is 0 Å². The van der Waals surface area contributed by atoms with Gasteiger partial charge in [0.05, 0.1) is 0 Å². The van der Waals surface area contributed by atoms with Crippen molar-refractivity contribution in [3.05, 3.63) is 159 Å². The average molecular weight is 555 g/mol. The Labute approximate surface area is 257 Å². The van der Waals surface area contributed by atoms with E-state index in [2.05, 4.69) is 130 Å². The first-order valence-corrected chi connectivity index (χ1v) is 16.5. The molecule has 3 heterocycles. The van der Waals surface area contributed by atoms with E-state index in [9.17, 15) is 0 Å². The standard InChI is InChI=1S/C42H39B/c1-25-10-4-7-13-37(25)28-16-31-22-33-18-29(38-14-8-5-11-26(38)2)20-35-24-36-21-30(39-15-9-6-12-27(39)3)19-34-23-32(17-28)40(31)43(41(33)35)42(34)36/h4-21,31,33-34,40-42H,22-24H2,1-3H3. The molecule has 3 aliphatic carbocycles. The number of rotatable bonds is 3. The second-order valence-electron chi connectivity index (χ2n) is 14.2. The van der Waals surface area contributed by atoms with Crippen LogP contribution in [0.4, 0.5) is 0 Å². The quantitative estimate of drug-likeness (QED) is 0.283. The van der Waals surface area contributed by atoms with Gasteiger partial charge in [-0.2, -0.15) is 0 Å². The normalized spacial score (nSPS) is 29.8. The predicted molar refractivity (Wildman–Crippen MR) is 183 cm³/mol. The Morgan fingerprint density at radius 1 is 0.488 bits per heavy atom. The third kappa shape index (κ3) is 3.90. The van der Waals surface area contributed by atoms with Crippen molar-refractivity contribution in [2.24, 2.45) is 17.8 Å². The van der Waals surface area contributed by atoms with Gasteiger partial charge in [0.1, 0.15) is 0 Å². The molecule has 0 nitrogen and oxygen atoms in total. The largest absolute Gasteiger partial charge is 0.165 e. The van der Waals surface area contributed by atoms with Gasteiger partial charge >= 0.3 is 0 Å². The zero-order valence-corrected chi connectivity index (χ0v) is 25.6. The van der Waals surface area contributed by atoms with Crippen molar-refractivity contribution < 1.29 is 0 Å².